The summed E-state index contributed by atoms with van der Waals surface area (Å²) in [6, 6.07) is 5.89. The van der Waals surface area contributed by atoms with Gasteiger partial charge >= 0.3 is 0 Å². The van der Waals surface area contributed by atoms with Crippen molar-refractivity contribution in [2.24, 2.45) is 0 Å². The maximum atomic E-state index is 13.2. The standard InChI is InChI=1S/C20H23FN6O4S2/c21-13-5-3-4-12(8-13)9-15(30)22-19-26-24-17(32-19)6-1-2-7-18-25-27-20(33-18)23-16(31)10-14(29)11-28/h3-5,8,14,28-29H,1-2,6-7,9-11H2,(H,22,26,30)(H,23,27,31). The molecule has 0 aliphatic carbocycles. The van der Waals surface area contributed by atoms with Crippen LogP contribution in [0.4, 0.5) is 14.7 Å². The molecule has 3 aromatic rings. The van der Waals surface area contributed by atoms with Gasteiger partial charge in [0.2, 0.25) is 22.1 Å². The van der Waals surface area contributed by atoms with Crippen LogP contribution in [0.5, 0.6) is 0 Å². The van der Waals surface area contributed by atoms with E-state index in [4.69, 9.17) is 5.11 Å². The highest BCUT2D eigenvalue weighted by atomic mass is 32.1. The summed E-state index contributed by atoms with van der Waals surface area (Å²) in [7, 11) is 0. The fourth-order valence-corrected chi connectivity index (χ4v) is 4.40. The number of unbranched alkanes of at least 4 members (excludes halogenated alkanes) is 1. The number of rotatable bonds is 12. The summed E-state index contributed by atoms with van der Waals surface area (Å²) >= 11 is 2.56. The van der Waals surface area contributed by atoms with Gasteiger partial charge in [-0.1, -0.05) is 34.8 Å². The van der Waals surface area contributed by atoms with Gasteiger partial charge in [0.1, 0.15) is 15.8 Å². The molecule has 176 valence electrons. The van der Waals surface area contributed by atoms with Crippen LogP contribution < -0.4 is 10.6 Å². The summed E-state index contributed by atoms with van der Waals surface area (Å²) < 4.78 is 13.2. The molecule has 10 nitrogen and oxygen atoms in total. The Bertz CT molecular complexity index is 1080. The van der Waals surface area contributed by atoms with Crippen LogP contribution in [0, 0.1) is 5.82 Å². The quantitative estimate of drug-likeness (QED) is 0.279. The van der Waals surface area contributed by atoms with Crippen LogP contribution in [0.3, 0.4) is 0 Å². The van der Waals surface area contributed by atoms with Crippen molar-refractivity contribution >= 4 is 44.8 Å². The van der Waals surface area contributed by atoms with Crippen molar-refractivity contribution in [2.45, 2.75) is 44.6 Å². The summed E-state index contributed by atoms with van der Waals surface area (Å²) in [4.78, 5) is 23.8. The van der Waals surface area contributed by atoms with E-state index in [1.54, 1.807) is 12.1 Å². The number of aliphatic hydroxyl groups is 2. The normalized spacial score (nSPS) is 11.8. The van der Waals surface area contributed by atoms with Gasteiger partial charge in [0.15, 0.2) is 0 Å². The lowest BCUT2D eigenvalue weighted by atomic mass is 10.1. The SMILES string of the molecule is O=C(Cc1cccc(F)c1)Nc1nnc(CCCCc2nnc(NC(=O)CC(O)CO)s2)s1. The first-order chi connectivity index (χ1) is 15.9. The van der Waals surface area contributed by atoms with Crippen molar-refractivity contribution in [1.82, 2.24) is 20.4 Å². The lowest BCUT2D eigenvalue weighted by Crippen LogP contribution is -2.22. The molecule has 0 aliphatic rings. The van der Waals surface area contributed by atoms with Gasteiger partial charge in [-0.2, -0.15) is 0 Å². The first-order valence-electron chi connectivity index (χ1n) is 10.2. The minimum atomic E-state index is -1.10. The molecule has 0 radical (unpaired) electrons. The van der Waals surface area contributed by atoms with Crippen molar-refractivity contribution in [2.75, 3.05) is 17.2 Å². The Morgan fingerprint density at radius 2 is 1.58 bits per heavy atom. The van der Waals surface area contributed by atoms with Gasteiger partial charge in [-0.25, -0.2) is 4.39 Å². The first-order valence-corrected chi connectivity index (χ1v) is 11.8. The second-order valence-electron chi connectivity index (χ2n) is 7.15. The molecule has 0 saturated carbocycles. The maximum Gasteiger partial charge on any atom is 0.230 e. The minimum absolute atomic E-state index is 0.0545. The largest absolute Gasteiger partial charge is 0.394 e. The van der Waals surface area contributed by atoms with Crippen LogP contribution >= 0.6 is 22.7 Å². The number of aryl methyl sites for hydroxylation is 2. The molecule has 33 heavy (non-hydrogen) atoms. The van der Waals surface area contributed by atoms with Crippen molar-refractivity contribution in [3.63, 3.8) is 0 Å². The molecule has 0 aliphatic heterocycles. The monoisotopic (exact) mass is 494 g/mol. The van der Waals surface area contributed by atoms with Crippen molar-refractivity contribution in [3.05, 3.63) is 45.7 Å². The van der Waals surface area contributed by atoms with Gasteiger partial charge in [-0.15, -0.1) is 20.4 Å². The first kappa shape index (κ1) is 24.8. The van der Waals surface area contributed by atoms with E-state index in [2.05, 4.69) is 31.0 Å². The van der Waals surface area contributed by atoms with E-state index in [-0.39, 0.29) is 24.6 Å². The van der Waals surface area contributed by atoms with Crippen LogP contribution in [0.1, 0.15) is 34.8 Å². The predicted molar refractivity (Wildman–Crippen MR) is 122 cm³/mol. The smallest absolute Gasteiger partial charge is 0.230 e. The summed E-state index contributed by atoms with van der Waals surface area (Å²) in [6.07, 6.45) is 1.78. The second-order valence-corrected chi connectivity index (χ2v) is 9.28. The van der Waals surface area contributed by atoms with Crippen molar-refractivity contribution < 1.29 is 24.2 Å². The molecule has 0 fully saturated rings. The number of aliphatic hydroxyl groups excluding tert-OH is 2. The third kappa shape index (κ3) is 8.53. The Hall–Kier alpha value is -2.87. The molecular formula is C20H23FN6O4S2. The summed E-state index contributed by atoms with van der Waals surface area (Å²) in [5.74, 6) is -1.10. The number of aromatic nitrogens is 4. The van der Waals surface area contributed by atoms with Crippen molar-refractivity contribution in [3.8, 4) is 0 Å². The maximum absolute atomic E-state index is 13.2. The average molecular weight is 495 g/mol. The zero-order valence-corrected chi connectivity index (χ0v) is 19.2. The Balaban J connectivity index is 1.36. The molecule has 2 aromatic heterocycles. The van der Waals surface area contributed by atoms with Gasteiger partial charge in [-0.3, -0.25) is 9.59 Å². The zero-order chi connectivity index (χ0) is 23.6. The molecule has 0 bridgehead atoms. The molecule has 13 heteroatoms. The molecule has 1 aromatic carbocycles. The molecule has 2 amide bonds. The highest BCUT2D eigenvalue weighted by Gasteiger charge is 2.13. The summed E-state index contributed by atoms with van der Waals surface area (Å²) in [6.45, 7) is -0.480. The molecule has 3 rings (SSSR count). The van der Waals surface area contributed by atoms with Crippen LogP contribution in [-0.4, -0.2) is 55.1 Å². The van der Waals surface area contributed by atoms with E-state index in [0.29, 0.717) is 28.7 Å². The molecule has 0 saturated heterocycles. The Labute approximate surface area is 196 Å². The van der Waals surface area contributed by atoms with E-state index >= 15 is 0 Å². The lowest BCUT2D eigenvalue weighted by molar-refractivity contribution is -0.118. The van der Waals surface area contributed by atoms with Gasteiger partial charge in [0.25, 0.3) is 0 Å². The molecule has 1 unspecified atom stereocenters. The molecule has 2 heterocycles. The number of amides is 2. The van der Waals surface area contributed by atoms with E-state index in [1.807, 2.05) is 0 Å². The minimum Gasteiger partial charge on any atom is -0.394 e. The topological polar surface area (TPSA) is 150 Å². The number of nitrogens with zero attached hydrogens (tertiary/aromatic N) is 4. The van der Waals surface area contributed by atoms with Crippen LogP contribution in [0.15, 0.2) is 24.3 Å². The van der Waals surface area contributed by atoms with Crippen LogP contribution in [0.2, 0.25) is 0 Å². The number of carbonyl (C=O) groups excluding carboxylic acids is 2. The number of hydrogen-bond donors (Lipinski definition) is 4. The molecule has 4 N–H and O–H groups in total. The average Bonchev–Trinajstić information content (AvgIpc) is 3.40. The molecule has 1 atom stereocenters. The fourth-order valence-electron chi connectivity index (χ4n) is 2.81. The number of hydrogen-bond acceptors (Lipinski definition) is 10. The highest BCUT2D eigenvalue weighted by Crippen LogP contribution is 2.20. The van der Waals surface area contributed by atoms with Gasteiger partial charge in [-0.05, 0) is 30.5 Å². The molecule has 0 spiro atoms. The number of carbonyl (C=O) groups is 2. The highest BCUT2D eigenvalue weighted by molar-refractivity contribution is 7.15. The Morgan fingerprint density at radius 1 is 0.970 bits per heavy atom. The lowest BCUT2D eigenvalue weighted by Gasteiger charge is -2.05. The second kappa shape index (κ2) is 12.4. The van der Waals surface area contributed by atoms with E-state index in [0.717, 1.165) is 22.9 Å². The Kier molecular flexibility index (Phi) is 9.30. The van der Waals surface area contributed by atoms with Gasteiger partial charge in [0, 0.05) is 12.8 Å². The summed E-state index contributed by atoms with van der Waals surface area (Å²) in [5, 5.41) is 41.6. The number of halogens is 1. The molecular weight excluding hydrogens is 471 g/mol. The summed E-state index contributed by atoms with van der Waals surface area (Å²) in [5.41, 5.74) is 0.583. The van der Waals surface area contributed by atoms with E-state index in [9.17, 15) is 19.1 Å². The zero-order valence-electron chi connectivity index (χ0n) is 17.5. The van der Waals surface area contributed by atoms with Crippen LogP contribution in [-0.2, 0) is 28.9 Å². The van der Waals surface area contributed by atoms with Gasteiger partial charge < -0.3 is 20.8 Å². The predicted octanol–water partition coefficient (Wildman–Crippen LogP) is 1.96. The number of anilines is 2. The number of benzene rings is 1. The van der Waals surface area contributed by atoms with E-state index in [1.165, 1.54) is 34.8 Å². The van der Waals surface area contributed by atoms with Gasteiger partial charge in [0.05, 0.1) is 25.6 Å². The van der Waals surface area contributed by atoms with E-state index < -0.39 is 18.6 Å². The Morgan fingerprint density at radius 3 is 2.15 bits per heavy atom. The number of nitrogens with one attached hydrogen (secondary N) is 2. The third-order valence-electron chi connectivity index (χ3n) is 4.34. The third-order valence-corrected chi connectivity index (χ3v) is 6.14. The fraction of sp³-hybridized carbons (Fsp3) is 0.400. The van der Waals surface area contributed by atoms with Crippen LogP contribution in [0.25, 0.3) is 0 Å². The van der Waals surface area contributed by atoms with Crippen molar-refractivity contribution in [1.29, 1.82) is 0 Å².